The monoisotopic (exact) mass is 281 g/mol. The fourth-order valence-electron chi connectivity index (χ4n) is 2.60. The minimum Gasteiger partial charge on any atom is -0.383 e. The van der Waals surface area contributed by atoms with Crippen molar-refractivity contribution in [3.63, 3.8) is 0 Å². The molecule has 0 aliphatic carbocycles. The first-order chi connectivity index (χ1) is 9.47. The normalized spacial score (nSPS) is 18.6. The van der Waals surface area contributed by atoms with E-state index in [2.05, 4.69) is 10.1 Å². The van der Waals surface area contributed by atoms with Crippen LogP contribution in [0.2, 0.25) is 0 Å². The van der Waals surface area contributed by atoms with Gasteiger partial charge >= 0.3 is 0 Å². The van der Waals surface area contributed by atoms with E-state index in [1.165, 1.54) is 0 Å². The van der Waals surface area contributed by atoms with Crippen LogP contribution < -0.4 is 0 Å². The van der Waals surface area contributed by atoms with Gasteiger partial charge in [0.05, 0.1) is 0 Å². The third kappa shape index (κ3) is 3.56. The van der Waals surface area contributed by atoms with Gasteiger partial charge in [0.15, 0.2) is 5.82 Å². The minimum absolute atomic E-state index is 0.151. The molecule has 2 rings (SSSR count). The lowest BCUT2D eigenvalue weighted by Gasteiger charge is -2.32. The zero-order valence-corrected chi connectivity index (χ0v) is 12.4. The quantitative estimate of drug-likeness (QED) is 0.904. The van der Waals surface area contributed by atoms with Crippen LogP contribution in [-0.2, 0) is 4.79 Å². The second-order valence-electron chi connectivity index (χ2n) is 5.92. The molecule has 6 nitrogen and oxygen atoms in total. The molecule has 0 spiro atoms. The van der Waals surface area contributed by atoms with E-state index in [4.69, 9.17) is 4.52 Å². The van der Waals surface area contributed by atoms with Gasteiger partial charge in [-0.05, 0) is 25.2 Å². The summed E-state index contributed by atoms with van der Waals surface area (Å²) in [5.74, 6) is 1.72. The molecule has 1 N–H and O–H groups in total. The van der Waals surface area contributed by atoms with E-state index in [1.54, 1.807) is 11.8 Å². The van der Waals surface area contributed by atoms with Crippen molar-refractivity contribution in [1.82, 2.24) is 15.0 Å². The summed E-state index contributed by atoms with van der Waals surface area (Å²) in [5.41, 5.74) is 0. The Morgan fingerprint density at radius 2 is 2.10 bits per heavy atom. The molecular weight excluding hydrogens is 258 g/mol. The Morgan fingerprint density at radius 3 is 2.60 bits per heavy atom. The van der Waals surface area contributed by atoms with Crippen LogP contribution in [0.25, 0.3) is 0 Å². The Hall–Kier alpha value is -1.43. The van der Waals surface area contributed by atoms with Crippen molar-refractivity contribution in [3.8, 4) is 0 Å². The van der Waals surface area contributed by atoms with Crippen LogP contribution in [0.5, 0.6) is 0 Å². The lowest BCUT2D eigenvalue weighted by atomic mass is 9.95. The number of aliphatic hydroxyl groups is 1. The molecule has 1 atom stereocenters. The Morgan fingerprint density at radius 1 is 1.45 bits per heavy atom. The predicted molar refractivity (Wildman–Crippen MR) is 73.1 cm³/mol. The topological polar surface area (TPSA) is 79.5 Å². The van der Waals surface area contributed by atoms with Crippen molar-refractivity contribution in [1.29, 1.82) is 0 Å². The largest absolute Gasteiger partial charge is 0.383 e. The maximum absolute atomic E-state index is 12.1. The maximum atomic E-state index is 12.1. The van der Waals surface area contributed by atoms with Crippen LogP contribution in [-0.4, -0.2) is 45.2 Å². The first-order valence-electron chi connectivity index (χ1n) is 7.24. The van der Waals surface area contributed by atoms with Gasteiger partial charge in [0.1, 0.15) is 6.10 Å². The molecule has 20 heavy (non-hydrogen) atoms. The third-order valence-corrected chi connectivity index (χ3v) is 3.69. The first kappa shape index (κ1) is 15.0. The molecule has 0 radical (unpaired) electrons. The van der Waals surface area contributed by atoms with Crippen molar-refractivity contribution in [2.24, 2.45) is 5.92 Å². The van der Waals surface area contributed by atoms with Gasteiger partial charge in [-0.2, -0.15) is 4.98 Å². The highest BCUT2D eigenvalue weighted by Gasteiger charge is 2.29. The van der Waals surface area contributed by atoms with Gasteiger partial charge in [0.25, 0.3) is 5.91 Å². The molecule has 0 saturated carbocycles. The summed E-state index contributed by atoms with van der Waals surface area (Å²) < 4.78 is 4.99. The number of aromatic nitrogens is 2. The Kier molecular flexibility index (Phi) is 4.75. The molecule has 1 aromatic heterocycles. The molecule has 1 fully saturated rings. The molecule has 0 aromatic carbocycles. The second kappa shape index (κ2) is 6.35. The highest BCUT2D eigenvalue weighted by atomic mass is 16.5. The lowest BCUT2D eigenvalue weighted by Crippen LogP contribution is -2.44. The molecule has 112 valence electrons. The lowest BCUT2D eigenvalue weighted by molar-refractivity contribution is -0.142. The van der Waals surface area contributed by atoms with E-state index in [-0.39, 0.29) is 11.8 Å². The Balaban J connectivity index is 1.86. The number of amides is 1. The number of hydrogen-bond donors (Lipinski definition) is 1. The fourth-order valence-corrected chi connectivity index (χ4v) is 2.60. The first-order valence-corrected chi connectivity index (χ1v) is 7.24. The number of carbonyl (C=O) groups excluding carboxylic acids is 1. The van der Waals surface area contributed by atoms with Crippen LogP contribution in [0.1, 0.15) is 50.7 Å². The van der Waals surface area contributed by atoms with Crippen LogP contribution in [0.4, 0.5) is 0 Å². The van der Waals surface area contributed by atoms with Gasteiger partial charge in [0.2, 0.25) is 5.89 Å². The van der Waals surface area contributed by atoms with Crippen molar-refractivity contribution >= 4 is 5.91 Å². The SMILES string of the molecule is Cc1nc(C2CCN(C(=O)C(O)CC(C)C)CC2)no1. The smallest absolute Gasteiger partial charge is 0.251 e. The number of carbonyl (C=O) groups is 1. The highest BCUT2D eigenvalue weighted by Crippen LogP contribution is 2.26. The van der Waals surface area contributed by atoms with Gasteiger partial charge in [-0.3, -0.25) is 4.79 Å². The zero-order chi connectivity index (χ0) is 14.7. The Bertz CT molecular complexity index is 450. The molecule has 1 amide bonds. The van der Waals surface area contributed by atoms with E-state index in [9.17, 15) is 9.90 Å². The summed E-state index contributed by atoms with van der Waals surface area (Å²) in [5, 5.41) is 13.8. The third-order valence-electron chi connectivity index (χ3n) is 3.69. The van der Waals surface area contributed by atoms with Gasteiger partial charge in [0, 0.05) is 25.9 Å². The van der Waals surface area contributed by atoms with E-state index in [0.29, 0.717) is 31.3 Å². The number of nitrogens with zero attached hydrogens (tertiary/aromatic N) is 3. The molecule has 1 aliphatic rings. The van der Waals surface area contributed by atoms with Crippen LogP contribution >= 0.6 is 0 Å². The fraction of sp³-hybridized carbons (Fsp3) is 0.786. The summed E-state index contributed by atoms with van der Waals surface area (Å²) >= 11 is 0. The van der Waals surface area contributed by atoms with E-state index in [1.807, 2.05) is 13.8 Å². The Labute approximate surface area is 119 Å². The summed E-state index contributed by atoms with van der Waals surface area (Å²) in [7, 11) is 0. The molecule has 2 heterocycles. The van der Waals surface area contributed by atoms with Gasteiger partial charge in [-0.25, -0.2) is 0 Å². The average molecular weight is 281 g/mol. The molecule has 1 saturated heterocycles. The summed E-state index contributed by atoms with van der Waals surface area (Å²) in [6, 6.07) is 0. The van der Waals surface area contributed by atoms with E-state index < -0.39 is 6.10 Å². The molecule has 6 heteroatoms. The van der Waals surface area contributed by atoms with Gasteiger partial charge in [-0.15, -0.1) is 0 Å². The van der Waals surface area contributed by atoms with Crippen LogP contribution in [0.3, 0.4) is 0 Å². The average Bonchev–Trinajstić information content (AvgIpc) is 2.84. The molecule has 1 aromatic rings. The predicted octanol–water partition coefficient (Wildman–Crippen LogP) is 1.49. The summed E-state index contributed by atoms with van der Waals surface area (Å²) in [4.78, 5) is 18.1. The van der Waals surface area contributed by atoms with Crippen molar-refractivity contribution in [3.05, 3.63) is 11.7 Å². The zero-order valence-electron chi connectivity index (χ0n) is 12.4. The van der Waals surface area contributed by atoms with Crippen molar-refractivity contribution in [2.45, 2.75) is 52.1 Å². The van der Waals surface area contributed by atoms with Gasteiger partial charge < -0.3 is 14.5 Å². The minimum atomic E-state index is -0.876. The highest BCUT2D eigenvalue weighted by molar-refractivity contribution is 5.80. The van der Waals surface area contributed by atoms with E-state index in [0.717, 1.165) is 18.7 Å². The summed E-state index contributed by atoms with van der Waals surface area (Å²) in [6.45, 7) is 7.07. The van der Waals surface area contributed by atoms with Crippen molar-refractivity contribution < 1.29 is 14.4 Å². The summed E-state index contributed by atoms with van der Waals surface area (Å²) in [6.07, 6.45) is 1.28. The molecule has 0 bridgehead atoms. The number of aryl methyl sites for hydroxylation is 1. The number of likely N-dealkylation sites (tertiary alicyclic amines) is 1. The van der Waals surface area contributed by atoms with Crippen molar-refractivity contribution in [2.75, 3.05) is 13.1 Å². The number of hydrogen-bond acceptors (Lipinski definition) is 5. The van der Waals surface area contributed by atoms with Crippen LogP contribution in [0.15, 0.2) is 4.52 Å². The molecule has 1 unspecified atom stereocenters. The van der Waals surface area contributed by atoms with E-state index >= 15 is 0 Å². The van der Waals surface area contributed by atoms with Gasteiger partial charge in [-0.1, -0.05) is 19.0 Å². The number of piperidine rings is 1. The number of aliphatic hydroxyl groups excluding tert-OH is 1. The molecule has 1 aliphatic heterocycles. The standard InChI is InChI=1S/C14H23N3O3/c1-9(2)8-12(18)14(19)17-6-4-11(5-7-17)13-15-10(3)20-16-13/h9,11-12,18H,4-8H2,1-3H3. The second-order valence-corrected chi connectivity index (χ2v) is 5.92. The number of rotatable bonds is 4. The van der Waals surface area contributed by atoms with Crippen LogP contribution in [0, 0.1) is 12.8 Å². The molecular formula is C14H23N3O3. The maximum Gasteiger partial charge on any atom is 0.251 e.